The molecule has 2 N–H and O–H groups in total. The zero-order chi connectivity index (χ0) is 16.8. The average Bonchev–Trinajstić information content (AvgIpc) is 3.38. The number of nitrogens with two attached hydrogens (primary N) is 1. The largest absolute Gasteiger partial charge is 0.364 e. The van der Waals surface area contributed by atoms with E-state index < -0.39 is 5.91 Å². The van der Waals surface area contributed by atoms with E-state index in [1.165, 1.54) is 23.3 Å². The Kier molecular flexibility index (Phi) is 3.27. The van der Waals surface area contributed by atoms with Gasteiger partial charge in [0, 0.05) is 5.56 Å². The van der Waals surface area contributed by atoms with Gasteiger partial charge in [-0.05, 0) is 47.1 Å². The zero-order valence-electron chi connectivity index (χ0n) is 13.3. The van der Waals surface area contributed by atoms with Crippen LogP contribution < -0.4 is 5.73 Å². The zero-order valence-corrected chi connectivity index (χ0v) is 13.3. The van der Waals surface area contributed by atoms with Crippen molar-refractivity contribution in [2.24, 2.45) is 5.73 Å². The van der Waals surface area contributed by atoms with E-state index in [1.54, 1.807) is 6.07 Å². The number of carbonyl (C=O) groups is 2. The molecule has 4 nitrogen and oxygen atoms in total. The third-order valence-corrected chi connectivity index (χ3v) is 4.85. The lowest BCUT2D eigenvalue weighted by Crippen LogP contribution is -2.30. The summed E-state index contributed by atoms with van der Waals surface area (Å²) < 4.78 is 0. The summed E-state index contributed by atoms with van der Waals surface area (Å²) in [5.41, 5.74) is 10.3. The molecule has 0 spiro atoms. The van der Waals surface area contributed by atoms with Crippen molar-refractivity contribution >= 4 is 11.8 Å². The molecule has 2 aromatic rings. The second-order valence-corrected chi connectivity index (χ2v) is 6.43. The summed E-state index contributed by atoms with van der Waals surface area (Å²) in [5, 5.41) is 0. The van der Waals surface area contributed by atoms with Crippen LogP contribution in [0.15, 0.2) is 54.7 Å². The van der Waals surface area contributed by atoms with Gasteiger partial charge < -0.3 is 5.73 Å². The molecule has 1 saturated carbocycles. The van der Waals surface area contributed by atoms with Gasteiger partial charge >= 0.3 is 0 Å². The van der Waals surface area contributed by atoms with Crippen LogP contribution in [0.1, 0.15) is 40.2 Å². The normalized spacial score (nSPS) is 16.2. The lowest BCUT2D eigenvalue weighted by Gasteiger charge is -2.15. The molecule has 4 rings (SSSR count). The Morgan fingerprint density at radius 2 is 1.75 bits per heavy atom. The molecule has 2 aromatic carbocycles. The van der Waals surface area contributed by atoms with Crippen molar-refractivity contribution in [2.45, 2.75) is 25.3 Å². The van der Waals surface area contributed by atoms with Crippen LogP contribution in [0.5, 0.6) is 0 Å². The average molecular weight is 318 g/mol. The quantitative estimate of drug-likeness (QED) is 0.880. The van der Waals surface area contributed by atoms with Gasteiger partial charge in [0.15, 0.2) is 0 Å². The maximum absolute atomic E-state index is 12.5. The second kappa shape index (κ2) is 5.34. The first-order valence-electron chi connectivity index (χ1n) is 8.09. The van der Waals surface area contributed by atoms with E-state index in [4.69, 9.17) is 5.73 Å². The molecule has 1 fully saturated rings. The SMILES string of the molecule is C=C(C(N)=O)N1Cc2c(cccc2-c2ccc(C3CC3)cc2)C1=O. The summed E-state index contributed by atoms with van der Waals surface area (Å²) >= 11 is 0. The van der Waals surface area contributed by atoms with Crippen LogP contribution in [0.4, 0.5) is 0 Å². The Balaban J connectivity index is 1.72. The van der Waals surface area contributed by atoms with Crippen molar-refractivity contribution in [3.8, 4) is 11.1 Å². The molecule has 1 heterocycles. The van der Waals surface area contributed by atoms with Gasteiger partial charge in [-0.15, -0.1) is 0 Å². The van der Waals surface area contributed by atoms with Gasteiger partial charge in [0.05, 0.1) is 6.54 Å². The third kappa shape index (κ3) is 2.31. The minimum absolute atomic E-state index is 0.0335. The minimum atomic E-state index is -0.675. The fraction of sp³-hybridized carbons (Fsp3) is 0.200. The summed E-state index contributed by atoms with van der Waals surface area (Å²) in [6.45, 7) is 3.97. The van der Waals surface area contributed by atoms with Crippen molar-refractivity contribution in [2.75, 3.05) is 0 Å². The van der Waals surface area contributed by atoms with Gasteiger partial charge in [0.1, 0.15) is 5.70 Å². The summed E-state index contributed by atoms with van der Waals surface area (Å²) in [6.07, 6.45) is 2.55. The maximum Gasteiger partial charge on any atom is 0.264 e. The number of fused-ring (bicyclic) bond motifs is 1. The molecule has 0 saturated heterocycles. The molecule has 0 radical (unpaired) electrons. The molecular weight excluding hydrogens is 300 g/mol. The predicted molar refractivity (Wildman–Crippen MR) is 92.1 cm³/mol. The molecule has 0 unspecified atom stereocenters. The summed E-state index contributed by atoms with van der Waals surface area (Å²) in [7, 11) is 0. The highest BCUT2D eigenvalue weighted by atomic mass is 16.2. The van der Waals surface area contributed by atoms with Crippen LogP contribution >= 0.6 is 0 Å². The first-order valence-corrected chi connectivity index (χ1v) is 8.09. The second-order valence-electron chi connectivity index (χ2n) is 6.43. The van der Waals surface area contributed by atoms with Gasteiger partial charge in [0.2, 0.25) is 0 Å². The molecular formula is C20H18N2O2. The molecule has 4 heteroatoms. The van der Waals surface area contributed by atoms with Gasteiger partial charge in [0.25, 0.3) is 11.8 Å². The van der Waals surface area contributed by atoms with Crippen LogP contribution in [-0.4, -0.2) is 16.7 Å². The number of primary amides is 1. The number of nitrogens with zero attached hydrogens (tertiary/aromatic N) is 1. The summed E-state index contributed by atoms with van der Waals surface area (Å²) in [6, 6.07) is 14.2. The van der Waals surface area contributed by atoms with Gasteiger partial charge in [-0.25, -0.2) is 0 Å². The molecule has 2 amide bonds. The molecule has 0 bridgehead atoms. The highest BCUT2D eigenvalue weighted by Crippen LogP contribution is 2.41. The van der Waals surface area contributed by atoms with Crippen LogP contribution in [-0.2, 0) is 11.3 Å². The smallest absolute Gasteiger partial charge is 0.264 e. The van der Waals surface area contributed by atoms with E-state index in [-0.39, 0.29) is 11.6 Å². The summed E-state index contributed by atoms with van der Waals surface area (Å²) in [4.78, 5) is 25.3. The topological polar surface area (TPSA) is 63.4 Å². The molecule has 0 atom stereocenters. The van der Waals surface area contributed by atoms with E-state index in [0.717, 1.165) is 22.6 Å². The number of amides is 2. The highest BCUT2D eigenvalue weighted by Gasteiger charge is 2.32. The van der Waals surface area contributed by atoms with Crippen LogP contribution in [0.3, 0.4) is 0 Å². The van der Waals surface area contributed by atoms with E-state index in [1.807, 2.05) is 12.1 Å². The standard InChI is InChI=1S/C20H18N2O2/c1-12(19(21)23)22-11-18-16(3-2-4-17(18)20(22)24)15-9-7-14(8-10-15)13-5-6-13/h2-4,7-10,13H,1,5-6,11H2,(H2,21,23). The van der Waals surface area contributed by atoms with E-state index in [9.17, 15) is 9.59 Å². The number of rotatable bonds is 4. The molecule has 2 aliphatic rings. The highest BCUT2D eigenvalue weighted by molar-refractivity contribution is 6.06. The fourth-order valence-electron chi connectivity index (χ4n) is 3.31. The number of hydrogen-bond donors (Lipinski definition) is 1. The molecule has 0 aromatic heterocycles. The Labute approximate surface area is 140 Å². The number of benzene rings is 2. The van der Waals surface area contributed by atoms with E-state index in [0.29, 0.717) is 12.1 Å². The Hall–Kier alpha value is -2.88. The van der Waals surface area contributed by atoms with Crippen molar-refractivity contribution < 1.29 is 9.59 Å². The molecule has 1 aliphatic carbocycles. The van der Waals surface area contributed by atoms with Gasteiger partial charge in [-0.3, -0.25) is 14.5 Å². The van der Waals surface area contributed by atoms with Crippen LogP contribution in [0.2, 0.25) is 0 Å². The maximum atomic E-state index is 12.5. The Morgan fingerprint density at radius 1 is 1.08 bits per heavy atom. The predicted octanol–water partition coefficient (Wildman–Crippen LogP) is 3.19. The van der Waals surface area contributed by atoms with Crippen LogP contribution in [0.25, 0.3) is 11.1 Å². The van der Waals surface area contributed by atoms with Crippen LogP contribution in [0, 0.1) is 0 Å². The van der Waals surface area contributed by atoms with Crippen molar-refractivity contribution in [1.29, 1.82) is 0 Å². The molecule has 24 heavy (non-hydrogen) atoms. The summed E-state index contributed by atoms with van der Waals surface area (Å²) in [5.74, 6) is -0.173. The van der Waals surface area contributed by atoms with Crippen molar-refractivity contribution in [1.82, 2.24) is 4.90 Å². The first-order chi connectivity index (χ1) is 11.6. The Morgan fingerprint density at radius 3 is 2.38 bits per heavy atom. The first kappa shape index (κ1) is 14.7. The number of hydrogen-bond acceptors (Lipinski definition) is 2. The lowest BCUT2D eigenvalue weighted by atomic mass is 9.96. The Bertz CT molecular complexity index is 864. The monoisotopic (exact) mass is 318 g/mol. The van der Waals surface area contributed by atoms with Gasteiger partial charge in [-0.1, -0.05) is 43.0 Å². The fourth-order valence-corrected chi connectivity index (χ4v) is 3.31. The molecule has 120 valence electrons. The lowest BCUT2D eigenvalue weighted by molar-refractivity contribution is -0.115. The molecule has 1 aliphatic heterocycles. The minimum Gasteiger partial charge on any atom is -0.364 e. The third-order valence-electron chi connectivity index (χ3n) is 4.85. The number of carbonyl (C=O) groups excluding carboxylic acids is 2. The van der Waals surface area contributed by atoms with E-state index >= 15 is 0 Å². The van der Waals surface area contributed by atoms with Gasteiger partial charge in [-0.2, -0.15) is 0 Å². The van der Waals surface area contributed by atoms with Crippen molar-refractivity contribution in [3.05, 3.63) is 71.4 Å². The van der Waals surface area contributed by atoms with E-state index in [2.05, 4.69) is 30.8 Å². The van der Waals surface area contributed by atoms with Crippen molar-refractivity contribution in [3.63, 3.8) is 0 Å².